The summed E-state index contributed by atoms with van der Waals surface area (Å²) < 4.78 is 28.3. The lowest BCUT2D eigenvalue weighted by Gasteiger charge is -2.35. The Morgan fingerprint density at radius 1 is 0.422 bits per heavy atom. The van der Waals surface area contributed by atoms with Gasteiger partial charge >= 0.3 is 0 Å². The lowest BCUT2D eigenvalue weighted by atomic mass is 9.67. The van der Waals surface area contributed by atoms with E-state index in [1.165, 1.54) is 21.5 Å². The monoisotopic (exact) mass is 818 g/mol. The van der Waals surface area contributed by atoms with Crippen LogP contribution in [-0.4, -0.2) is 0 Å². The molecule has 302 valence electrons. The molecule has 1 aliphatic carbocycles. The Morgan fingerprint density at radius 2 is 0.891 bits per heavy atom. The minimum Gasteiger partial charge on any atom is -0.317 e. The molecule has 0 aliphatic heterocycles. The number of benzene rings is 10. The molecule has 1 nitrogen and oxygen atoms in total. The van der Waals surface area contributed by atoms with Gasteiger partial charge in [0, 0.05) is 17.6 Å². The van der Waals surface area contributed by atoms with Crippen LogP contribution < -0.4 is 4.90 Å². The maximum Gasteiger partial charge on any atom is 0.0714 e. The number of fused-ring (bicyclic) bond motifs is 4. The molecule has 0 amide bonds. The topological polar surface area (TPSA) is 3.24 Å². The van der Waals surface area contributed by atoms with Crippen molar-refractivity contribution in [2.24, 2.45) is 0 Å². The highest BCUT2D eigenvalue weighted by atomic mass is 15.1. The Bertz CT molecular complexity index is 3480. The molecule has 0 heterocycles. The zero-order valence-corrected chi connectivity index (χ0v) is 35.2. The summed E-state index contributed by atoms with van der Waals surface area (Å²) in [5.41, 5.74) is 12.6. The van der Waals surface area contributed by atoms with Crippen molar-refractivity contribution >= 4 is 38.5 Å². The second-order valence-corrected chi connectivity index (χ2v) is 16.3. The van der Waals surface area contributed by atoms with Gasteiger partial charge in [0.2, 0.25) is 0 Å². The predicted molar refractivity (Wildman–Crippen MR) is 272 cm³/mol. The average Bonchev–Trinajstić information content (AvgIpc) is 3.73. The zero-order chi connectivity index (χ0) is 45.3. The van der Waals surface area contributed by atoms with Crippen LogP contribution in [0.25, 0.3) is 60.5 Å². The van der Waals surface area contributed by atoms with Gasteiger partial charge in [0.15, 0.2) is 0 Å². The summed E-state index contributed by atoms with van der Waals surface area (Å²) in [6.07, 6.45) is 1.91. The van der Waals surface area contributed by atoms with E-state index < -0.39 is 5.41 Å². The van der Waals surface area contributed by atoms with Gasteiger partial charge in [0.25, 0.3) is 0 Å². The molecule has 1 heteroatoms. The molecule has 64 heavy (non-hydrogen) atoms. The van der Waals surface area contributed by atoms with Gasteiger partial charge in [-0.1, -0.05) is 225 Å². The van der Waals surface area contributed by atoms with Crippen LogP contribution in [0.4, 0.5) is 11.4 Å². The highest BCUT2D eigenvalue weighted by Gasteiger charge is 2.46. The van der Waals surface area contributed by atoms with E-state index >= 15 is 0 Å². The van der Waals surface area contributed by atoms with Crippen LogP contribution in [-0.2, 0) is 5.41 Å². The van der Waals surface area contributed by atoms with Gasteiger partial charge in [0.05, 0.1) is 9.53 Å². The first kappa shape index (κ1) is 35.3. The van der Waals surface area contributed by atoms with E-state index in [1.807, 2.05) is 66.9 Å². The smallest absolute Gasteiger partial charge is 0.0714 e. The standard InChI is InChI=1S/C63H45N/c1-2-53-59-32-18-19-33-61(59)63(49-23-8-4-9-24-49,50-25-10-5-11-26-50)62(53)42-43-64(51-38-34-46(35-39-51)55-28-15-14-27-54(55)45-20-6-3-7-21-45)52-40-36-47(37-41-52)60-44-48-22-12-13-29-56(48)57-30-16-17-31-58(57)60/h2-44H,1H2/b43-42+/i1D,2D,42D/b2-1?,43-42+. The van der Waals surface area contributed by atoms with Crippen molar-refractivity contribution in [1.29, 1.82) is 0 Å². The Hall–Kier alpha value is -8.26. The molecule has 0 spiro atoms. The molecule has 0 bridgehead atoms. The summed E-state index contributed by atoms with van der Waals surface area (Å²) in [7, 11) is 0. The highest BCUT2D eigenvalue weighted by Crippen LogP contribution is 2.55. The number of rotatable bonds is 10. The first-order valence-corrected chi connectivity index (χ1v) is 21.8. The fraction of sp³-hybridized carbons (Fsp3) is 0.0159. The van der Waals surface area contributed by atoms with Crippen molar-refractivity contribution in [1.82, 2.24) is 0 Å². The number of hydrogen-bond acceptors (Lipinski definition) is 1. The van der Waals surface area contributed by atoms with Gasteiger partial charge in [-0.3, -0.25) is 0 Å². The molecule has 0 aromatic heterocycles. The van der Waals surface area contributed by atoms with E-state index in [1.54, 1.807) is 0 Å². The lowest BCUT2D eigenvalue weighted by molar-refractivity contribution is 0.761. The molecule has 0 unspecified atom stereocenters. The Labute approximate surface area is 380 Å². The molecule has 10 aromatic carbocycles. The van der Waals surface area contributed by atoms with E-state index in [0.29, 0.717) is 11.1 Å². The normalized spacial score (nSPS) is 14.2. The van der Waals surface area contributed by atoms with Crippen LogP contribution in [0.1, 0.15) is 26.4 Å². The quantitative estimate of drug-likeness (QED) is 0.124. The van der Waals surface area contributed by atoms with Crippen molar-refractivity contribution in [3.05, 3.63) is 295 Å². The molecule has 0 N–H and O–H groups in total. The van der Waals surface area contributed by atoms with Crippen LogP contribution >= 0.6 is 0 Å². The van der Waals surface area contributed by atoms with Crippen molar-refractivity contribution in [2.75, 3.05) is 4.90 Å². The fourth-order valence-corrected chi connectivity index (χ4v) is 9.89. The van der Waals surface area contributed by atoms with E-state index in [-0.39, 0.29) is 12.1 Å². The van der Waals surface area contributed by atoms with E-state index in [4.69, 9.17) is 1.37 Å². The van der Waals surface area contributed by atoms with Gasteiger partial charge < -0.3 is 4.90 Å². The molecular formula is C63H45N. The van der Waals surface area contributed by atoms with Gasteiger partial charge in [-0.05, 0) is 125 Å². The van der Waals surface area contributed by atoms with Gasteiger partial charge in [0.1, 0.15) is 0 Å². The zero-order valence-electron chi connectivity index (χ0n) is 38.2. The number of nitrogens with zero attached hydrogens (tertiary/aromatic N) is 1. The number of anilines is 2. The van der Waals surface area contributed by atoms with E-state index in [2.05, 4.69) is 187 Å². The molecule has 0 saturated heterocycles. The van der Waals surface area contributed by atoms with Gasteiger partial charge in [-0.25, -0.2) is 0 Å². The van der Waals surface area contributed by atoms with Crippen LogP contribution in [0.15, 0.2) is 273 Å². The van der Waals surface area contributed by atoms with Crippen LogP contribution in [0.5, 0.6) is 0 Å². The van der Waals surface area contributed by atoms with Crippen molar-refractivity contribution < 1.29 is 4.11 Å². The fourth-order valence-electron chi connectivity index (χ4n) is 9.89. The molecule has 0 fully saturated rings. The second kappa shape index (κ2) is 16.5. The lowest BCUT2D eigenvalue weighted by Crippen LogP contribution is -2.29. The summed E-state index contributed by atoms with van der Waals surface area (Å²) >= 11 is 0. The van der Waals surface area contributed by atoms with Crippen molar-refractivity contribution in [2.45, 2.75) is 5.41 Å². The largest absolute Gasteiger partial charge is 0.317 e. The van der Waals surface area contributed by atoms with E-state index in [0.717, 1.165) is 73.6 Å². The third kappa shape index (κ3) is 6.58. The summed E-state index contributed by atoms with van der Waals surface area (Å²) in [4.78, 5) is 2.10. The third-order valence-corrected chi connectivity index (χ3v) is 12.8. The molecule has 11 rings (SSSR count). The molecule has 0 radical (unpaired) electrons. The first-order valence-electron chi connectivity index (χ1n) is 23.4. The minimum absolute atomic E-state index is 0.0503. The van der Waals surface area contributed by atoms with Crippen LogP contribution in [0.3, 0.4) is 0 Å². The molecule has 0 saturated carbocycles. The van der Waals surface area contributed by atoms with Crippen molar-refractivity contribution in [3.63, 3.8) is 0 Å². The Kier molecular flexibility index (Phi) is 9.14. The maximum absolute atomic E-state index is 10.5. The minimum atomic E-state index is -0.963. The summed E-state index contributed by atoms with van der Waals surface area (Å²) in [5, 5.41) is 4.83. The summed E-state index contributed by atoms with van der Waals surface area (Å²) in [6.45, 7) is 1.10. The number of hydrogen-bond donors (Lipinski definition) is 0. The summed E-state index contributed by atoms with van der Waals surface area (Å²) in [6, 6.07) is 84.8. The second-order valence-electron chi connectivity index (χ2n) is 16.3. The SMILES string of the molecule is [2H]C=C([2H])C1=C(/C([2H])=C/N(c2ccc(-c3ccccc3-c3ccccc3)cc2)c2ccc(-c3cc4ccccc4c4ccccc34)cc2)C(c2ccccc2)(c2ccccc2)c2ccccc21. The molecular weight excluding hydrogens is 771 g/mol. The average molecular weight is 819 g/mol. The van der Waals surface area contributed by atoms with Crippen LogP contribution in [0, 0.1) is 0 Å². The van der Waals surface area contributed by atoms with E-state index in [9.17, 15) is 2.74 Å². The van der Waals surface area contributed by atoms with Gasteiger partial charge in [-0.2, -0.15) is 0 Å². The molecule has 10 aromatic rings. The third-order valence-electron chi connectivity index (χ3n) is 12.8. The Balaban J connectivity index is 1.12. The highest BCUT2D eigenvalue weighted by molar-refractivity contribution is 6.13. The number of allylic oxidation sites excluding steroid dienone is 4. The summed E-state index contributed by atoms with van der Waals surface area (Å²) in [5.74, 6) is 0. The van der Waals surface area contributed by atoms with Crippen LogP contribution in [0.2, 0.25) is 0 Å². The molecule has 0 atom stereocenters. The maximum atomic E-state index is 10.5. The first-order chi connectivity index (χ1) is 33.0. The van der Waals surface area contributed by atoms with Gasteiger partial charge in [-0.15, -0.1) is 0 Å². The Morgan fingerprint density at radius 3 is 1.50 bits per heavy atom. The predicted octanol–water partition coefficient (Wildman–Crippen LogP) is 16.6. The molecule has 1 aliphatic rings. The van der Waals surface area contributed by atoms with Crippen molar-refractivity contribution in [3.8, 4) is 33.4 Å².